The molecule has 1 aromatic rings. The highest BCUT2D eigenvalue weighted by atomic mass is 16.1. The summed E-state index contributed by atoms with van der Waals surface area (Å²) in [6.07, 6.45) is 2.60. The standard InChI is InChI=1S/C11H16N4O/c1-13-10-6-9(2-4-14-10)15-5-3-8(7-15)11(12)16/h2,4,6,8H,3,5,7H2,1H3,(H2,12,16)(H,13,14). The molecule has 0 spiro atoms. The molecule has 0 aliphatic carbocycles. The first-order chi connectivity index (χ1) is 7.70. The first-order valence-electron chi connectivity index (χ1n) is 5.39. The van der Waals surface area contributed by atoms with Crippen LogP contribution >= 0.6 is 0 Å². The average molecular weight is 220 g/mol. The van der Waals surface area contributed by atoms with E-state index in [0.29, 0.717) is 6.54 Å². The maximum atomic E-state index is 11.1. The fourth-order valence-electron chi connectivity index (χ4n) is 1.98. The third-order valence-corrected chi connectivity index (χ3v) is 2.96. The Morgan fingerprint density at radius 1 is 1.69 bits per heavy atom. The lowest BCUT2D eigenvalue weighted by atomic mass is 10.1. The molecule has 1 aliphatic rings. The topological polar surface area (TPSA) is 71.2 Å². The summed E-state index contributed by atoms with van der Waals surface area (Å²) in [5, 5.41) is 3.00. The number of carbonyl (C=O) groups is 1. The molecule has 0 saturated carbocycles. The predicted octanol–water partition coefficient (Wildman–Crippen LogP) is 0.435. The Morgan fingerprint density at radius 3 is 3.12 bits per heavy atom. The molecule has 3 N–H and O–H groups in total. The molecule has 1 saturated heterocycles. The Hall–Kier alpha value is -1.78. The number of amides is 1. The number of hydrogen-bond donors (Lipinski definition) is 2. The molecule has 1 atom stereocenters. The van der Waals surface area contributed by atoms with Gasteiger partial charge in [0.1, 0.15) is 5.82 Å². The van der Waals surface area contributed by atoms with E-state index >= 15 is 0 Å². The number of aromatic nitrogens is 1. The lowest BCUT2D eigenvalue weighted by Crippen LogP contribution is -2.27. The lowest BCUT2D eigenvalue weighted by Gasteiger charge is -2.18. The number of anilines is 2. The van der Waals surface area contributed by atoms with Crippen LogP contribution in [0.1, 0.15) is 6.42 Å². The van der Waals surface area contributed by atoms with Gasteiger partial charge in [-0.05, 0) is 12.5 Å². The number of nitrogens with two attached hydrogens (primary N) is 1. The van der Waals surface area contributed by atoms with Crippen molar-refractivity contribution in [2.24, 2.45) is 11.7 Å². The lowest BCUT2D eigenvalue weighted by molar-refractivity contribution is -0.121. The molecule has 1 amide bonds. The van der Waals surface area contributed by atoms with Gasteiger partial charge in [-0.1, -0.05) is 0 Å². The van der Waals surface area contributed by atoms with Crippen molar-refractivity contribution in [2.75, 3.05) is 30.4 Å². The van der Waals surface area contributed by atoms with Gasteiger partial charge >= 0.3 is 0 Å². The van der Waals surface area contributed by atoms with Crippen molar-refractivity contribution < 1.29 is 4.79 Å². The van der Waals surface area contributed by atoms with Gasteiger partial charge in [0.25, 0.3) is 0 Å². The molecule has 5 heteroatoms. The van der Waals surface area contributed by atoms with E-state index in [-0.39, 0.29) is 11.8 Å². The van der Waals surface area contributed by atoms with Gasteiger partial charge < -0.3 is 16.0 Å². The van der Waals surface area contributed by atoms with Crippen LogP contribution in [0.25, 0.3) is 0 Å². The number of carbonyl (C=O) groups excluding carboxylic acids is 1. The molecule has 86 valence electrons. The Kier molecular flexibility index (Phi) is 2.94. The van der Waals surface area contributed by atoms with Crippen LogP contribution in [0.15, 0.2) is 18.3 Å². The molecule has 2 heterocycles. The fraction of sp³-hybridized carbons (Fsp3) is 0.455. The normalized spacial score (nSPS) is 19.8. The maximum absolute atomic E-state index is 11.1. The number of nitrogens with one attached hydrogen (secondary N) is 1. The number of rotatable bonds is 3. The first kappa shape index (κ1) is 10.7. The van der Waals surface area contributed by atoms with Crippen molar-refractivity contribution in [3.05, 3.63) is 18.3 Å². The molecule has 1 aromatic heterocycles. The SMILES string of the molecule is CNc1cc(N2CCC(C(N)=O)C2)ccn1. The Bertz CT molecular complexity index is 393. The summed E-state index contributed by atoms with van der Waals surface area (Å²) in [5.41, 5.74) is 6.39. The minimum Gasteiger partial charge on any atom is -0.373 e. The van der Waals surface area contributed by atoms with Crippen molar-refractivity contribution in [3.63, 3.8) is 0 Å². The first-order valence-corrected chi connectivity index (χ1v) is 5.39. The molecule has 16 heavy (non-hydrogen) atoms. The van der Waals surface area contributed by atoms with Crippen molar-refractivity contribution in [3.8, 4) is 0 Å². The Balaban J connectivity index is 2.11. The summed E-state index contributed by atoms with van der Waals surface area (Å²) in [7, 11) is 1.84. The van der Waals surface area contributed by atoms with Crippen LogP contribution < -0.4 is 16.0 Å². The Labute approximate surface area is 94.6 Å². The van der Waals surface area contributed by atoms with Gasteiger partial charge in [0.05, 0.1) is 5.92 Å². The minimum absolute atomic E-state index is 0.0220. The van der Waals surface area contributed by atoms with E-state index in [1.807, 2.05) is 19.2 Å². The predicted molar refractivity (Wildman–Crippen MR) is 63.3 cm³/mol. The molecule has 2 rings (SSSR count). The van der Waals surface area contributed by atoms with E-state index in [9.17, 15) is 4.79 Å². The zero-order chi connectivity index (χ0) is 11.5. The molecule has 0 bridgehead atoms. The molecule has 0 radical (unpaired) electrons. The van der Waals surface area contributed by atoms with Crippen LogP contribution in [0.2, 0.25) is 0 Å². The molecule has 5 nitrogen and oxygen atoms in total. The molecular weight excluding hydrogens is 204 g/mol. The monoisotopic (exact) mass is 220 g/mol. The molecule has 1 unspecified atom stereocenters. The minimum atomic E-state index is -0.203. The van der Waals surface area contributed by atoms with Gasteiger partial charge in [0.2, 0.25) is 5.91 Å². The van der Waals surface area contributed by atoms with Crippen LogP contribution in [-0.2, 0) is 4.79 Å². The van der Waals surface area contributed by atoms with Crippen LogP contribution in [0, 0.1) is 5.92 Å². The third kappa shape index (κ3) is 2.08. The largest absolute Gasteiger partial charge is 0.373 e. The second-order valence-electron chi connectivity index (χ2n) is 3.98. The van der Waals surface area contributed by atoms with Gasteiger partial charge in [0.15, 0.2) is 0 Å². The van der Waals surface area contributed by atoms with Gasteiger partial charge in [-0.25, -0.2) is 4.98 Å². The van der Waals surface area contributed by atoms with Crippen LogP contribution in [0.3, 0.4) is 0 Å². The highest BCUT2D eigenvalue weighted by molar-refractivity contribution is 5.78. The molecule has 1 aliphatic heterocycles. The summed E-state index contributed by atoms with van der Waals surface area (Å²) in [5.74, 6) is 0.608. The van der Waals surface area contributed by atoms with Crippen LogP contribution in [-0.4, -0.2) is 31.0 Å². The van der Waals surface area contributed by atoms with E-state index in [4.69, 9.17) is 5.73 Å². The second kappa shape index (κ2) is 4.38. The Morgan fingerprint density at radius 2 is 2.50 bits per heavy atom. The van der Waals surface area contributed by atoms with Gasteiger partial charge in [-0.2, -0.15) is 0 Å². The smallest absolute Gasteiger partial charge is 0.222 e. The van der Waals surface area contributed by atoms with Crippen molar-refractivity contribution in [2.45, 2.75) is 6.42 Å². The van der Waals surface area contributed by atoms with Gasteiger partial charge in [-0.15, -0.1) is 0 Å². The molecule has 0 aromatic carbocycles. The maximum Gasteiger partial charge on any atom is 0.222 e. The summed E-state index contributed by atoms with van der Waals surface area (Å²) in [6.45, 7) is 1.59. The van der Waals surface area contributed by atoms with Gasteiger partial charge in [0, 0.05) is 38.1 Å². The number of hydrogen-bond acceptors (Lipinski definition) is 4. The summed E-state index contributed by atoms with van der Waals surface area (Å²) in [4.78, 5) is 17.4. The highest BCUT2D eigenvalue weighted by Crippen LogP contribution is 2.24. The van der Waals surface area contributed by atoms with E-state index in [2.05, 4.69) is 15.2 Å². The van der Waals surface area contributed by atoms with Crippen LogP contribution in [0.4, 0.5) is 11.5 Å². The zero-order valence-corrected chi connectivity index (χ0v) is 9.31. The summed E-state index contributed by atoms with van der Waals surface area (Å²) < 4.78 is 0. The third-order valence-electron chi connectivity index (χ3n) is 2.96. The number of primary amides is 1. The summed E-state index contributed by atoms with van der Waals surface area (Å²) >= 11 is 0. The van der Waals surface area contributed by atoms with E-state index < -0.39 is 0 Å². The zero-order valence-electron chi connectivity index (χ0n) is 9.31. The van der Waals surface area contributed by atoms with Crippen molar-refractivity contribution in [1.82, 2.24) is 4.98 Å². The molecule has 1 fully saturated rings. The average Bonchev–Trinajstić information content (AvgIpc) is 2.78. The second-order valence-corrected chi connectivity index (χ2v) is 3.98. The van der Waals surface area contributed by atoms with Crippen LogP contribution in [0.5, 0.6) is 0 Å². The van der Waals surface area contributed by atoms with E-state index in [0.717, 1.165) is 24.5 Å². The highest BCUT2D eigenvalue weighted by Gasteiger charge is 2.26. The quantitative estimate of drug-likeness (QED) is 0.775. The fourth-order valence-corrected chi connectivity index (χ4v) is 1.98. The van der Waals surface area contributed by atoms with Crippen molar-refractivity contribution >= 4 is 17.4 Å². The molecular formula is C11H16N4O. The van der Waals surface area contributed by atoms with E-state index in [1.165, 1.54) is 0 Å². The number of nitrogens with zero attached hydrogens (tertiary/aromatic N) is 2. The van der Waals surface area contributed by atoms with Crippen molar-refractivity contribution in [1.29, 1.82) is 0 Å². The summed E-state index contributed by atoms with van der Waals surface area (Å²) in [6, 6.07) is 3.92. The van der Waals surface area contributed by atoms with E-state index in [1.54, 1.807) is 6.20 Å². The number of pyridine rings is 1. The van der Waals surface area contributed by atoms with Gasteiger partial charge in [-0.3, -0.25) is 4.79 Å².